The van der Waals surface area contributed by atoms with E-state index in [1.807, 2.05) is 30.3 Å². The number of carbonyl (C=O) groups is 4. The number of benzene rings is 1. The Hall–Kier alpha value is -3.16. The van der Waals surface area contributed by atoms with Gasteiger partial charge >= 0.3 is 23.9 Å². The van der Waals surface area contributed by atoms with Crippen molar-refractivity contribution in [2.45, 2.75) is 143 Å². The van der Waals surface area contributed by atoms with Crippen LogP contribution in [-0.2, 0) is 44.7 Å². The van der Waals surface area contributed by atoms with Crippen LogP contribution in [-0.4, -0.2) is 43.7 Å². The Labute approximate surface area is 272 Å². The van der Waals surface area contributed by atoms with Crippen molar-refractivity contribution in [3.8, 4) is 0 Å². The molecule has 8 nitrogen and oxygen atoms in total. The first kappa shape index (κ1) is 41.8. The molecule has 1 aromatic rings. The quantitative estimate of drug-likeness (QED) is 0.0431. The van der Waals surface area contributed by atoms with Crippen molar-refractivity contribution in [1.82, 2.24) is 0 Å². The predicted octanol–water partition coefficient (Wildman–Crippen LogP) is 8.98. The van der Waals surface area contributed by atoms with E-state index in [-0.39, 0.29) is 11.9 Å². The molecule has 0 heterocycles. The Kier molecular flexibility index (Phi) is 30.0. The number of rotatable bonds is 26. The first-order valence-corrected chi connectivity index (χ1v) is 17.3. The van der Waals surface area contributed by atoms with E-state index in [2.05, 4.69) is 20.8 Å². The zero-order valence-electron chi connectivity index (χ0n) is 28.4. The van der Waals surface area contributed by atoms with Gasteiger partial charge in [-0.1, -0.05) is 122 Å². The van der Waals surface area contributed by atoms with Gasteiger partial charge in [-0.3, -0.25) is 9.59 Å². The highest BCUT2D eigenvalue weighted by Crippen LogP contribution is 2.10. The normalized spacial score (nSPS) is 10.6. The molecule has 0 amide bonds. The Morgan fingerprint density at radius 2 is 0.911 bits per heavy atom. The maximum absolute atomic E-state index is 11.7. The van der Waals surface area contributed by atoms with Gasteiger partial charge in [0.05, 0.1) is 19.8 Å². The molecule has 1 rings (SSSR count). The molecule has 1 aromatic carbocycles. The third-order valence-corrected chi connectivity index (χ3v) is 6.86. The van der Waals surface area contributed by atoms with E-state index in [0.29, 0.717) is 39.3 Å². The Morgan fingerprint density at radius 1 is 0.489 bits per heavy atom. The summed E-state index contributed by atoms with van der Waals surface area (Å²) >= 11 is 0. The van der Waals surface area contributed by atoms with Crippen molar-refractivity contribution < 1.29 is 38.1 Å². The van der Waals surface area contributed by atoms with E-state index in [1.165, 1.54) is 0 Å². The molecule has 0 saturated carbocycles. The lowest BCUT2D eigenvalue weighted by Crippen LogP contribution is -2.06. The van der Waals surface area contributed by atoms with Crippen LogP contribution >= 0.6 is 0 Å². The Balaban J connectivity index is 0.000000884. The van der Waals surface area contributed by atoms with Crippen molar-refractivity contribution in [1.29, 1.82) is 0 Å². The Bertz CT molecular complexity index is 869. The van der Waals surface area contributed by atoms with Crippen LogP contribution in [0.15, 0.2) is 42.5 Å². The molecule has 0 spiro atoms. The second-order valence-corrected chi connectivity index (χ2v) is 11.1. The molecule has 0 unspecified atom stereocenters. The smallest absolute Gasteiger partial charge is 0.331 e. The van der Waals surface area contributed by atoms with Crippen molar-refractivity contribution in [2.24, 2.45) is 0 Å². The summed E-state index contributed by atoms with van der Waals surface area (Å²) in [5, 5.41) is 0. The first-order chi connectivity index (χ1) is 21.9. The SMILES string of the molecule is CCCCCCOC(=O)/C=C/C(=O)OCCCCCC.CCCCOC(=O)CCCCCCCCC(=O)OCc1ccccc1. The molecule has 0 N–H and O–H groups in total. The third-order valence-electron chi connectivity index (χ3n) is 6.86. The van der Waals surface area contributed by atoms with Gasteiger partial charge in [0.15, 0.2) is 0 Å². The summed E-state index contributed by atoms with van der Waals surface area (Å²) < 4.78 is 20.3. The zero-order chi connectivity index (χ0) is 33.2. The molecule has 0 atom stereocenters. The fourth-order valence-electron chi connectivity index (χ4n) is 4.09. The van der Waals surface area contributed by atoms with Gasteiger partial charge in [0.1, 0.15) is 6.61 Å². The summed E-state index contributed by atoms with van der Waals surface area (Å²) in [4.78, 5) is 45.6. The lowest BCUT2D eigenvalue weighted by atomic mass is 10.1. The molecule has 0 radical (unpaired) electrons. The molecule has 0 fully saturated rings. The van der Waals surface area contributed by atoms with Crippen LogP contribution in [0.2, 0.25) is 0 Å². The highest BCUT2D eigenvalue weighted by Gasteiger charge is 2.05. The molecular weight excluding hydrogens is 572 g/mol. The van der Waals surface area contributed by atoms with Gasteiger partial charge in [-0.05, 0) is 37.7 Å². The largest absolute Gasteiger partial charge is 0.466 e. The number of ether oxygens (including phenoxy) is 4. The van der Waals surface area contributed by atoms with Gasteiger partial charge in [0.25, 0.3) is 0 Å². The summed E-state index contributed by atoms with van der Waals surface area (Å²) in [6.45, 7) is 8.07. The van der Waals surface area contributed by atoms with E-state index in [9.17, 15) is 19.2 Å². The lowest BCUT2D eigenvalue weighted by molar-refractivity contribution is -0.145. The number of hydrogen-bond donors (Lipinski definition) is 0. The van der Waals surface area contributed by atoms with E-state index in [4.69, 9.17) is 18.9 Å². The molecule has 0 aliphatic heterocycles. The van der Waals surface area contributed by atoms with E-state index < -0.39 is 11.9 Å². The van der Waals surface area contributed by atoms with Gasteiger partial charge in [-0.15, -0.1) is 0 Å². The minimum atomic E-state index is -0.482. The highest BCUT2D eigenvalue weighted by atomic mass is 16.5. The molecular formula is C37H60O8. The number of esters is 4. The average Bonchev–Trinajstić information content (AvgIpc) is 3.04. The van der Waals surface area contributed by atoms with Crippen LogP contribution in [0, 0.1) is 0 Å². The maximum atomic E-state index is 11.7. The van der Waals surface area contributed by atoms with Crippen molar-refractivity contribution >= 4 is 23.9 Å². The molecule has 0 aliphatic rings. The highest BCUT2D eigenvalue weighted by molar-refractivity contribution is 5.91. The molecule has 256 valence electrons. The monoisotopic (exact) mass is 632 g/mol. The van der Waals surface area contributed by atoms with Gasteiger partial charge in [-0.25, -0.2) is 9.59 Å². The summed E-state index contributed by atoms with van der Waals surface area (Å²) in [6, 6.07) is 9.72. The van der Waals surface area contributed by atoms with E-state index in [0.717, 1.165) is 120 Å². The molecule has 8 heteroatoms. The van der Waals surface area contributed by atoms with Crippen LogP contribution in [0.1, 0.15) is 142 Å². The van der Waals surface area contributed by atoms with Crippen LogP contribution in [0.4, 0.5) is 0 Å². The zero-order valence-corrected chi connectivity index (χ0v) is 28.4. The molecule has 45 heavy (non-hydrogen) atoms. The van der Waals surface area contributed by atoms with E-state index >= 15 is 0 Å². The summed E-state index contributed by atoms with van der Waals surface area (Å²) in [7, 11) is 0. The van der Waals surface area contributed by atoms with Crippen LogP contribution in [0.5, 0.6) is 0 Å². The second-order valence-electron chi connectivity index (χ2n) is 11.1. The molecule has 0 aliphatic carbocycles. The molecule has 0 aromatic heterocycles. The molecule has 0 saturated heterocycles. The maximum Gasteiger partial charge on any atom is 0.331 e. The third kappa shape index (κ3) is 30.6. The fourth-order valence-corrected chi connectivity index (χ4v) is 4.09. The van der Waals surface area contributed by atoms with Crippen molar-refractivity contribution in [2.75, 3.05) is 19.8 Å². The van der Waals surface area contributed by atoms with Gasteiger partial charge in [0.2, 0.25) is 0 Å². The summed E-state index contributed by atoms with van der Waals surface area (Å²) in [6.07, 6.45) is 19.8. The summed E-state index contributed by atoms with van der Waals surface area (Å²) in [5.41, 5.74) is 1.02. The number of carbonyl (C=O) groups excluding carboxylic acids is 4. The van der Waals surface area contributed by atoms with Crippen molar-refractivity contribution in [3.63, 3.8) is 0 Å². The van der Waals surface area contributed by atoms with Gasteiger partial charge in [0, 0.05) is 25.0 Å². The van der Waals surface area contributed by atoms with Crippen LogP contribution in [0.3, 0.4) is 0 Å². The average molecular weight is 633 g/mol. The number of unbranched alkanes of at least 4 members (excludes halogenated alkanes) is 12. The van der Waals surface area contributed by atoms with Gasteiger partial charge < -0.3 is 18.9 Å². The second kappa shape index (κ2) is 32.2. The van der Waals surface area contributed by atoms with E-state index in [1.54, 1.807) is 0 Å². The first-order valence-electron chi connectivity index (χ1n) is 17.3. The summed E-state index contributed by atoms with van der Waals surface area (Å²) in [5.74, 6) is -1.16. The van der Waals surface area contributed by atoms with Crippen LogP contribution < -0.4 is 0 Å². The predicted molar refractivity (Wildman–Crippen MR) is 178 cm³/mol. The fraction of sp³-hybridized carbons (Fsp3) is 0.676. The Morgan fingerprint density at radius 3 is 1.40 bits per heavy atom. The minimum absolute atomic E-state index is 0.0744. The van der Waals surface area contributed by atoms with Crippen LogP contribution in [0.25, 0.3) is 0 Å². The minimum Gasteiger partial charge on any atom is -0.466 e. The molecule has 0 bridgehead atoms. The van der Waals surface area contributed by atoms with Crippen molar-refractivity contribution in [3.05, 3.63) is 48.0 Å². The number of hydrogen-bond acceptors (Lipinski definition) is 8. The standard InChI is InChI=1S/C21H32O4.C16H28O4/c1-2-3-17-24-20(22)15-11-6-4-5-7-12-16-21(23)25-18-19-13-9-8-10-14-19;1-3-5-7-9-13-19-15(17)11-12-16(18)20-14-10-8-6-4-2/h8-10,13-14H,2-7,11-12,15-18H2,1H3;11-12H,3-10,13-14H2,1-2H3/b;12-11+. The topological polar surface area (TPSA) is 105 Å². The van der Waals surface area contributed by atoms with Gasteiger partial charge in [-0.2, -0.15) is 0 Å². The lowest BCUT2D eigenvalue weighted by Gasteiger charge is -2.05.